The van der Waals surface area contributed by atoms with E-state index >= 15 is 0 Å². The molecule has 0 fully saturated rings. The molecule has 1 aromatic carbocycles. The van der Waals surface area contributed by atoms with Crippen LogP contribution in [0, 0.1) is 6.92 Å². The van der Waals surface area contributed by atoms with Crippen molar-refractivity contribution in [2.24, 2.45) is 0 Å². The molecule has 0 unspecified atom stereocenters. The van der Waals surface area contributed by atoms with Crippen LogP contribution in [0.3, 0.4) is 0 Å². The minimum absolute atomic E-state index is 0.307. The zero-order chi connectivity index (χ0) is 13.4. The van der Waals surface area contributed by atoms with E-state index in [1.165, 1.54) is 5.56 Å². The summed E-state index contributed by atoms with van der Waals surface area (Å²) in [7, 11) is 2.09. The number of ether oxygens (including phenoxy) is 2. The standard InChI is InChI=1S/C15H25NO2/c1-13(2)17-11-9-16(4)10-12-18-15-8-6-5-7-14(15)3/h5-8,13H,9-12H2,1-4H3. The number of hydrogen-bond acceptors (Lipinski definition) is 3. The van der Waals surface area contributed by atoms with Crippen molar-refractivity contribution in [3.63, 3.8) is 0 Å². The number of rotatable bonds is 8. The molecule has 0 heterocycles. The van der Waals surface area contributed by atoms with Crippen molar-refractivity contribution in [2.45, 2.75) is 26.9 Å². The van der Waals surface area contributed by atoms with Crippen LogP contribution in [0.2, 0.25) is 0 Å². The van der Waals surface area contributed by atoms with Gasteiger partial charge in [-0.15, -0.1) is 0 Å². The number of likely N-dealkylation sites (N-methyl/N-ethyl adjacent to an activating group) is 1. The van der Waals surface area contributed by atoms with Gasteiger partial charge in [-0.1, -0.05) is 18.2 Å². The molecule has 1 aromatic rings. The van der Waals surface area contributed by atoms with Gasteiger partial charge in [0.05, 0.1) is 12.7 Å². The molecular weight excluding hydrogens is 226 g/mol. The maximum Gasteiger partial charge on any atom is 0.122 e. The summed E-state index contributed by atoms with van der Waals surface area (Å²) >= 11 is 0. The van der Waals surface area contributed by atoms with Crippen LogP contribution in [0.25, 0.3) is 0 Å². The fourth-order valence-electron chi connectivity index (χ4n) is 1.59. The Balaban J connectivity index is 2.15. The maximum absolute atomic E-state index is 5.75. The summed E-state index contributed by atoms with van der Waals surface area (Å²) < 4.78 is 11.3. The molecule has 0 aliphatic carbocycles. The molecule has 0 amide bonds. The first-order valence-corrected chi connectivity index (χ1v) is 6.58. The van der Waals surface area contributed by atoms with E-state index < -0.39 is 0 Å². The van der Waals surface area contributed by atoms with E-state index in [1.54, 1.807) is 0 Å². The Kier molecular flexibility index (Phi) is 6.76. The van der Waals surface area contributed by atoms with E-state index in [-0.39, 0.29) is 0 Å². The van der Waals surface area contributed by atoms with E-state index in [9.17, 15) is 0 Å². The van der Waals surface area contributed by atoms with E-state index in [4.69, 9.17) is 9.47 Å². The molecule has 0 N–H and O–H groups in total. The Morgan fingerprint density at radius 1 is 1.11 bits per heavy atom. The van der Waals surface area contributed by atoms with Crippen LogP contribution in [0.4, 0.5) is 0 Å². The molecule has 18 heavy (non-hydrogen) atoms. The second-order valence-corrected chi connectivity index (χ2v) is 4.84. The van der Waals surface area contributed by atoms with Crippen LogP contribution < -0.4 is 4.74 Å². The van der Waals surface area contributed by atoms with Gasteiger partial charge in [0, 0.05) is 13.1 Å². The molecule has 102 valence electrons. The minimum atomic E-state index is 0.307. The van der Waals surface area contributed by atoms with Gasteiger partial charge in [-0.25, -0.2) is 0 Å². The lowest BCUT2D eigenvalue weighted by Crippen LogP contribution is -2.28. The fraction of sp³-hybridized carbons (Fsp3) is 0.600. The molecule has 3 heteroatoms. The third-order valence-electron chi connectivity index (χ3n) is 2.75. The van der Waals surface area contributed by atoms with Crippen LogP contribution in [-0.2, 0) is 4.74 Å². The minimum Gasteiger partial charge on any atom is -0.492 e. The highest BCUT2D eigenvalue weighted by molar-refractivity contribution is 5.31. The Morgan fingerprint density at radius 2 is 1.78 bits per heavy atom. The highest BCUT2D eigenvalue weighted by Crippen LogP contribution is 2.15. The van der Waals surface area contributed by atoms with E-state index in [1.807, 2.05) is 18.2 Å². The molecule has 0 aliphatic heterocycles. The average Bonchev–Trinajstić information content (AvgIpc) is 2.31. The van der Waals surface area contributed by atoms with Crippen molar-refractivity contribution in [1.29, 1.82) is 0 Å². The maximum atomic E-state index is 5.75. The summed E-state index contributed by atoms with van der Waals surface area (Å²) in [4.78, 5) is 2.22. The highest BCUT2D eigenvalue weighted by atomic mass is 16.5. The second-order valence-electron chi connectivity index (χ2n) is 4.84. The van der Waals surface area contributed by atoms with Gasteiger partial charge in [-0.05, 0) is 39.4 Å². The van der Waals surface area contributed by atoms with Gasteiger partial charge in [0.25, 0.3) is 0 Å². The van der Waals surface area contributed by atoms with Crippen LogP contribution >= 0.6 is 0 Å². The molecule has 0 aliphatic rings. The highest BCUT2D eigenvalue weighted by Gasteiger charge is 2.01. The van der Waals surface area contributed by atoms with Gasteiger partial charge in [0.2, 0.25) is 0 Å². The predicted octanol–water partition coefficient (Wildman–Crippen LogP) is 2.73. The molecular formula is C15H25NO2. The van der Waals surface area contributed by atoms with Crippen molar-refractivity contribution in [2.75, 3.05) is 33.4 Å². The Morgan fingerprint density at radius 3 is 2.44 bits per heavy atom. The lowest BCUT2D eigenvalue weighted by Gasteiger charge is -2.18. The van der Waals surface area contributed by atoms with Crippen molar-refractivity contribution in [1.82, 2.24) is 4.90 Å². The molecule has 0 spiro atoms. The zero-order valence-electron chi connectivity index (χ0n) is 12.0. The van der Waals surface area contributed by atoms with Crippen molar-refractivity contribution in [3.8, 4) is 5.75 Å². The first kappa shape index (κ1) is 15.0. The normalized spacial score (nSPS) is 11.2. The number of aryl methyl sites for hydroxylation is 1. The Hall–Kier alpha value is -1.06. The summed E-state index contributed by atoms with van der Waals surface area (Å²) in [5.41, 5.74) is 1.18. The largest absolute Gasteiger partial charge is 0.492 e. The molecule has 0 atom stereocenters. The summed E-state index contributed by atoms with van der Waals surface area (Å²) in [6.45, 7) is 9.52. The van der Waals surface area contributed by atoms with Gasteiger partial charge >= 0.3 is 0 Å². The second kappa shape index (κ2) is 8.11. The topological polar surface area (TPSA) is 21.7 Å². The molecule has 0 radical (unpaired) electrons. The Labute approximate surface area is 111 Å². The summed E-state index contributed by atoms with van der Waals surface area (Å²) in [5, 5.41) is 0. The van der Waals surface area contributed by atoms with E-state index in [0.717, 1.165) is 25.4 Å². The molecule has 0 saturated heterocycles. The summed E-state index contributed by atoms with van der Waals surface area (Å²) in [6.07, 6.45) is 0.307. The number of hydrogen-bond donors (Lipinski definition) is 0. The third-order valence-corrected chi connectivity index (χ3v) is 2.75. The first-order chi connectivity index (χ1) is 8.59. The monoisotopic (exact) mass is 251 g/mol. The summed E-state index contributed by atoms with van der Waals surface area (Å²) in [6, 6.07) is 8.10. The van der Waals surface area contributed by atoms with Gasteiger partial charge < -0.3 is 14.4 Å². The SMILES string of the molecule is Cc1ccccc1OCCN(C)CCOC(C)C. The van der Waals surface area contributed by atoms with Crippen molar-refractivity contribution < 1.29 is 9.47 Å². The smallest absolute Gasteiger partial charge is 0.122 e. The van der Waals surface area contributed by atoms with E-state index in [0.29, 0.717) is 12.7 Å². The molecule has 3 nitrogen and oxygen atoms in total. The average molecular weight is 251 g/mol. The molecule has 0 aromatic heterocycles. The molecule has 1 rings (SSSR count). The van der Waals surface area contributed by atoms with Gasteiger partial charge in [0.15, 0.2) is 0 Å². The van der Waals surface area contributed by atoms with Crippen LogP contribution in [0.15, 0.2) is 24.3 Å². The fourth-order valence-corrected chi connectivity index (χ4v) is 1.59. The van der Waals surface area contributed by atoms with Crippen molar-refractivity contribution >= 4 is 0 Å². The third kappa shape index (κ3) is 6.03. The first-order valence-electron chi connectivity index (χ1n) is 6.58. The van der Waals surface area contributed by atoms with Gasteiger partial charge in [0.1, 0.15) is 12.4 Å². The van der Waals surface area contributed by atoms with Crippen LogP contribution in [-0.4, -0.2) is 44.4 Å². The zero-order valence-corrected chi connectivity index (χ0v) is 12.0. The van der Waals surface area contributed by atoms with Crippen LogP contribution in [0.1, 0.15) is 19.4 Å². The molecule has 0 bridgehead atoms. The van der Waals surface area contributed by atoms with Gasteiger partial charge in [-0.2, -0.15) is 0 Å². The van der Waals surface area contributed by atoms with Gasteiger partial charge in [-0.3, -0.25) is 0 Å². The quantitative estimate of drug-likeness (QED) is 0.709. The predicted molar refractivity (Wildman–Crippen MR) is 75.3 cm³/mol. The number of benzene rings is 1. The molecule has 0 saturated carbocycles. The van der Waals surface area contributed by atoms with Crippen molar-refractivity contribution in [3.05, 3.63) is 29.8 Å². The van der Waals surface area contributed by atoms with Crippen LogP contribution in [0.5, 0.6) is 5.75 Å². The number of para-hydroxylation sites is 1. The number of nitrogens with zero attached hydrogens (tertiary/aromatic N) is 1. The van der Waals surface area contributed by atoms with E-state index in [2.05, 4.69) is 38.8 Å². The lowest BCUT2D eigenvalue weighted by molar-refractivity contribution is 0.0616. The summed E-state index contributed by atoms with van der Waals surface area (Å²) in [5.74, 6) is 0.976. The lowest BCUT2D eigenvalue weighted by atomic mass is 10.2. The Bertz CT molecular complexity index is 339.